The molecule has 0 atom stereocenters. The van der Waals surface area contributed by atoms with Gasteiger partial charge in [-0.2, -0.15) is 0 Å². The van der Waals surface area contributed by atoms with Crippen LogP contribution in [0.1, 0.15) is 0 Å². The molecule has 350 valence electrons. The molecular weight excluding hydrogens is 931 g/mol. The third kappa shape index (κ3) is 7.10. The molecule has 0 amide bonds. The second-order valence-electron chi connectivity index (χ2n) is 19.1. The predicted octanol–water partition coefficient (Wildman–Crippen LogP) is 18.4. The first kappa shape index (κ1) is 42.9. The summed E-state index contributed by atoms with van der Waals surface area (Å²) in [7, 11) is 0. The standard InChI is InChI=1S/C69H43N5S/c1-4-18-44(19-5-1)47-34-36-48(37-35-47)67-70-68(51-26-16-24-49(42-51)45-20-6-2-7-21-45)72-69(71-67)59-30-12-15-33-62(59)74-61-32-14-11-29-54(61)56-39-41-58-57-40-38-55-53-28-10-13-31-60(53)73(63(55)65(57)75-66(58)64(56)74)52-27-17-25-50(43-52)46-22-8-3-9-23-46/h1-43H. The Labute approximate surface area is 436 Å². The highest BCUT2D eigenvalue weighted by Crippen LogP contribution is 2.48. The van der Waals surface area contributed by atoms with Gasteiger partial charge in [0.25, 0.3) is 0 Å². The van der Waals surface area contributed by atoms with E-state index < -0.39 is 0 Å². The largest absolute Gasteiger partial charge is 0.308 e. The maximum Gasteiger partial charge on any atom is 0.166 e. The number of thiophene rings is 1. The lowest BCUT2D eigenvalue weighted by Crippen LogP contribution is -2.03. The van der Waals surface area contributed by atoms with Crippen molar-refractivity contribution in [2.75, 3.05) is 0 Å². The summed E-state index contributed by atoms with van der Waals surface area (Å²) in [6, 6.07) is 93.2. The molecule has 0 saturated carbocycles. The SMILES string of the molecule is c1ccc(-c2ccc(-c3nc(-c4cccc(-c5ccccc5)c4)nc(-c4ccccc4-n4c5ccccc5c5ccc6c7ccc8c9ccccc9n(-c9cccc(-c%10ccccc%10)c9)c8c7sc6c54)n3)cc2)cc1. The Hall–Kier alpha value is -9.75. The van der Waals surface area contributed by atoms with Crippen molar-refractivity contribution in [3.8, 4) is 78.9 Å². The Morgan fingerprint density at radius 3 is 1.33 bits per heavy atom. The molecule has 0 saturated heterocycles. The van der Waals surface area contributed by atoms with Crippen molar-refractivity contribution in [3.63, 3.8) is 0 Å². The van der Waals surface area contributed by atoms with E-state index in [9.17, 15) is 0 Å². The Morgan fingerprint density at radius 1 is 0.267 bits per heavy atom. The van der Waals surface area contributed by atoms with Gasteiger partial charge in [-0.3, -0.25) is 0 Å². The average molecular weight is 974 g/mol. The number of para-hydroxylation sites is 3. The molecule has 6 heteroatoms. The molecule has 4 aromatic heterocycles. The zero-order chi connectivity index (χ0) is 49.4. The molecule has 0 fully saturated rings. The monoisotopic (exact) mass is 973 g/mol. The molecule has 0 aliphatic rings. The van der Waals surface area contributed by atoms with Crippen LogP contribution in [0.25, 0.3) is 143 Å². The molecule has 0 aliphatic carbocycles. The molecular formula is C69H43N5S. The first-order valence-electron chi connectivity index (χ1n) is 25.3. The third-order valence-corrected chi connectivity index (χ3v) is 16.0. The quantitative estimate of drug-likeness (QED) is 0.152. The molecule has 0 N–H and O–H groups in total. The van der Waals surface area contributed by atoms with Gasteiger partial charge >= 0.3 is 0 Å². The second-order valence-corrected chi connectivity index (χ2v) is 20.1. The van der Waals surface area contributed by atoms with Crippen molar-refractivity contribution in [1.82, 2.24) is 24.1 Å². The molecule has 75 heavy (non-hydrogen) atoms. The molecule has 0 bridgehead atoms. The van der Waals surface area contributed by atoms with Crippen molar-refractivity contribution >= 4 is 75.1 Å². The topological polar surface area (TPSA) is 48.5 Å². The van der Waals surface area contributed by atoms with Crippen LogP contribution >= 0.6 is 11.3 Å². The second kappa shape index (κ2) is 17.5. The van der Waals surface area contributed by atoms with E-state index in [1.165, 1.54) is 63.9 Å². The number of hydrogen-bond donors (Lipinski definition) is 0. The third-order valence-electron chi connectivity index (χ3n) is 14.8. The first-order valence-corrected chi connectivity index (χ1v) is 26.2. The zero-order valence-electron chi connectivity index (χ0n) is 40.5. The van der Waals surface area contributed by atoms with Crippen molar-refractivity contribution < 1.29 is 0 Å². The number of aromatic nitrogens is 5. The van der Waals surface area contributed by atoms with Crippen LogP contribution < -0.4 is 0 Å². The van der Waals surface area contributed by atoms with Crippen molar-refractivity contribution in [2.24, 2.45) is 0 Å². The highest BCUT2D eigenvalue weighted by Gasteiger charge is 2.24. The van der Waals surface area contributed by atoms with Crippen LogP contribution in [0.5, 0.6) is 0 Å². The van der Waals surface area contributed by atoms with Gasteiger partial charge in [-0.1, -0.05) is 218 Å². The zero-order valence-corrected chi connectivity index (χ0v) is 41.3. The number of nitrogens with zero attached hydrogens (tertiary/aromatic N) is 5. The smallest absolute Gasteiger partial charge is 0.166 e. The van der Waals surface area contributed by atoms with E-state index in [-0.39, 0.29) is 0 Å². The first-order chi connectivity index (χ1) is 37.2. The Morgan fingerprint density at radius 2 is 0.693 bits per heavy atom. The molecule has 0 unspecified atom stereocenters. The molecule has 0 spiro atoms. The van der Waals surface area contributed by atoms with Crippen LogP contribution in [-0.4, -0.2) is 24.1 Å². The molecule has 15 rings (SSSR count). The van der Waals surface area contributed by atoms with Gasteiger partial charge in [0.15, 0.2) is 17.5 Å². The summed E-state index contributed by atoms with van der Waals surface area (Å²) in [6.45, 7) is 0. The Bertz CT molecular complexity index is 4690. The van der Waals surface area contributed by atoms with Gasteiger partial charge in [0, 0.05) is 54.7 Å². The van der Waals surface area contributed by atoms with Crippen LogP contribution in [0, 0.1) is 0 Å². The van der Waals surface area contributed by atoms with Crippen LogP contribution in [0.2, 0.25) is 0 Å². The number of fused-ring (bicyclic) bond motifs is 11. The lowest BCUT2D eigenvalue weighted by Gasteiger charge is -2.15. The van der Waals surface area contributed by atoms with Gasteiger partial charge in [-0.25, -0.2) is 15.0 Å². The minimum atomic E-state index is 0.598. The fraction of sp³-hybridized carbons (Fsp3) is 0. The van der Waals surface area contributed by atoms with Crippen molar-refractivity contribution in [1.29, 1.82) is 0 Å². The summed E-state index contributed by atoms with van der Waals surface area (Å²) in [4.78, 5) is 16.1. The highest BCUT2D eigenvalue weighted by atomic mass is 32.1. The summed E-state index contributed by atoms with van der Waals surface area (Å²) in [5, 5.41) is 7.32. The van der Waals surface area contributed by atoms with E-state index in [1.54, 1.807) is 0 Å². The van der Waals surface area contributed by atoms with E-state index in [0.717, 1.165) is 61.4 Å². The Kier molecular flexibility index (Phi) is 10.00. The minimum Gasteiger partial charge on any atom is -0.308 e. The van der Waals surface area contributed by atoms with Crippen LogP contribution in [-0.2, 0) is 0 Å². The van der Waals surface area contributed by atoms with E-state index >= 15 is 0 Å². The molecule has 5 nitrogen and oxygen atoms in total. The van der Waals surface area contributed by atoms with Gasteiger partial charge in [0.1, 0.15) is 0 Å². The van der Waals surface area contributed by atoms with E-state index in [1.807, 2.05) is 23.5 Å². The normalized spacial score (nSPS) is 11.7. The van der Waals surface area contributed by atoms with E-state index in [4.69, 9.17) is 15.0 Å². The maximum atomic E-state index is 5.41. The minimum absolute atomic E-state index is 0.598. The summed E-state index contributed by atoms with van der Waals surface area (Å²) < 4.78 is 7.42. The van der Waals surface area contributed by atoms with Crippen LogP contribution in [0.4, 0.5) is 0 Å². The van der Waals surface area contributed by atoms with Gasteiger partial charge in [-0.05, 0) is 75.8 Å². The fourth-order valence-corrected chi connectivity index (χ4v) is 12.7. The van der Waals surface area contributed by atoms with E-state index in [2.05, 4.69) is 258 Å². The van der Waals surface area contributed by atoms with E-state index in [0.29, 0.717) is 17.5 Å². The highest BCUT2D eigenvalue weighted by molar-refractivity contribution is 7.27. The summed E-state index contributed by atoms with van der Waals surface area (Å²) in [5.74, 6) is 1.82. The lowest BCUT2D eigenvalue weighted by molar-refractivity contribution is 1.06. The number of hydrogen-bond acceptors (Lipinski definition) is 4. The predicted molar refractivity (Wildman–Crippen MR) is 314 cm³/mol. The summed E-state index contributed by atoms with van der Waals surface area (Å²) in [5.41, 5.74) is 16.4. The van der Waals surface area contributed by atoms with Gasteiger partial charge < -0.3 is 9.13 Å². The Balaban J connectivity index is 0.966. The van der Waals surface area contributed by atoms with Gasteiger partial charge in [0.2, 0.25) is 0 Å². The summed E-state index contributed by atoms with van der Waals surface area (Å²) >= 11 is 1.89. The van der Waals surface area contributed by atoms with Crippen molar-refractivity contribution in [2.45, 2.75) is 0 Å². The van der Waals surface area contributed by atoms with Crippen LogP contribution in [0.3, 0.4) is 0 Å². The molecule has 11 aromatic carbocycles. The molecule has 15 aromatic rings. The van der Waals surface area contributed by atoms with Gasteiger partial charge in [-0.15, -0.1) is 11.3 Å². The fourth-order valence-electron chi connectivity index (χ4n) is 11.3. The summed E-state index contributed by atoms with van der Waals surface area (Å²) in [6.07, 6.45) is 0. The van der Waals surface area contributed by atoms with Gasteiger partial charge in [0.05, 0.1) is 37.2 Å². The molecule has 0 radical (unpaired) electrons. The lowest BCUT2D eigenvalue weighted by atomic mass is 10.0. The number of rotatable bonds is 8. The molecule has 4 heterocycles. The van der Waals surface area contributed by atoms with Crippen molar-refractivity contribution in [3.05, 3.63) is 261 Å². The average Bonchev–Trinajstić information content (AvgIpc) is 4.24. The number of benzene rings is 11. The maximum absolute atomic E-state index is 5.41. The van der Waals surface area contributed by atoms with Crippen LogP contribution in [0.15, 0.2) is 261 Å². The molecule has 0 aliphatic heterocycles.